The molecule has 0 aliphatic carbocycles. The second-order valence-electron chi connectivity index (χ2n) is 10.4. The van der Waals surface area contributed by atoms with Crippen LogP contribution in [0, 0.1) is 11.2 Å². The van der Waals surface area contributed by atoms with Crippen LogP contribution >= 0.6 is 0 Å². The summed E-state index contributed by atoms with van der Waals surface area (Å²) in [6, 6.07) is 7.91. The van der Waals surface area contributed by atoms with Gasteiger partial charge >= 0.3 is 0 Å². The van der Waals surface area contributed by atoms with Crippen LogP contribution < -0.4 is 10.6 Å². The molecule has 0 unspecified atom stereocenters. The van der Waals surface area contributed by atoms with Crippen molar-refractivity contribution in [1.82, 2.24) is 35.1 Å². The van der Waals surface area contributed by atoms with Crippen LogP contribution in [0.5, 0.6) is 0 Å². The maximum absolute atomic E-state index is 13.7. The Kier molecular flexibility index (Phi) is 8.17. The Balaban J connectivity index is 1.36. The van der Waals surface area contributed by atoms with Gasteiger partial charge in [0.1, 0.15) is 5.82 Å². The van der Waals surface area contributed by atoms with Crippen molar-refractivity contribution in [2.45, 2.75) is 19.6 Å². The van der Waals surface area contributed by atoms with Gasteiger partial charge in [0, 0.05) is 58.7 Å². The predicted octanol–water partition coefficient (Wildman–Crippen LogP) is 2.48. The molecule has 1 aromatic carbocycles. The minimum atomic E-state index is -0.791. The van der Waals surface area contributed by atoms with Gasteiger partial charge in [0.05, 0.1) is 35.7 Å². The lowest BCUT2D eigenvalue weighted by atomic mass is 9.90. The number of H-pyrrole nitrogens is 1. The van der Waals surface area contributed by atoms with Crippen LogP contribution in [0.15, 0.2) is 36.5 Å². The molecule has 0 spiro atoms. The number of aromatic nitrogens is 4. The topological polar surface area (TPSA) is 121 Å². The third kappa shape index (κ3) is 6.25. The number of aromatic amines is 1. The van der Waals surface area contributed by atoms with E-state index in [0.717, 1.165) is 39.3 Å². The summed E-state index contributed by atoms with van der Waals surface area (Å²) in [5.41, 5.74) is 1.77. The maximum Gasteiger partial charge on any atom is 0.232 e. The Morgan fingerprint density at radius 1 is 1.21 bits per heavy atom. The molecule has 0 radical (unpaired) electrons. The predicted molar refractivity (Wildman–Crippen MR) is 144 cm³/mol. The molecule has 3 aromatic rings. The molecule has 4 heterocycles. The van der Waals surface area contributed by atoms with E-state index in [1.807, 2.05) is 6.92 Å². The molecule has 2 fully saturated rings. The third-order valence-corrected chi connectivity index (χ3v) is 6.88. The number of nitrogens with zero attached hydrogens (tertiary/aromatic N) is 5. The monoisotopic (exact) mass is 538 g/mol. The van der Waals surface area contributed by atoms with Crippen LogP contribution in [0.2, 0.25) is 0 Å². The van der Waals surface area contributed by atoms with Gasteiger partial charge in [0.25, 0.3) is 0 Å². The Morgan fingerprint density at radius 2 is 1.97 bits per heavy atom. The van der Waals surface area contributed by atoms with Crippen molar-refractivity contribution in [3.63, 3.8) is 0 Å². The average Bonchev–Trinajstić information content (AvgIpc) is 3.62. The van der Waals surface area contributed by atoms with Gasteiger partial charge in [0.2, 0.25) is 18.1 Å². The van der Waals surface area contributed by atoms with Crippen LogP contribution in [-0.4, -0.2) is 95.8 Å². The lowest BCUT2D eigenvalue weighted by Gasteiger charge is -2.36. The summed E-state index contributed by atoms with van der Waals surface area (Å²) in [6.45, 7) is 6.97. The van der Waals surface area contributed by atoms with Crippen molar-refractivity contribution in [2.24, 2.45) is 5.41 Å². The van der Waals surface area contributed by atoms with Crippen LogP contribution in [0.3, 0.4) is 0 Å². The molecule has 5 rings (SSSR count). The van der Waals surface area contributed by atoms with Crippen molar-refractivity contribution in [1.29, 1.82) is 0 Å². The van der Waals surface area contributed by atoms with Gasteiger partial charge in [-0.15, -0.1) is 0 Å². The minimum absolute atomic E-state index is 0.0637. The first-order valence-electron chi connectivity index (χ1n) is 13.1. The molecule has 2 aliphatic heterocycles. The number of imidazole rings is 1. The fourth-order valence-electron chi connectivity index (χ4n) is 4.77. The third-order valence-electron chi connectivity index (χ3n) is 6.88. The largest absolute Gasteiger partial charge is 0.354 e. The van der Waals surface area contributed by atoms with Gasteiger partial charge < -0.3 is 30.0 Å². The second-order valence-corrected chi connectivity index (χ2v) is 10.4. The number of amides is 1. The molecule has 0 saturated carbocycles. The van der Waals surface area contributed by atoms with Crippen LogP contribution in [0.1, 0.15) is 25.5 Å². The van der Waals surface area contributed by atoms with E-state index in [1.54, 1.807) is 38.5 Å². The molecule has 3 N–H and O–H groups in total. The number of nitrogens with one attached hydrogen (secondary N) is 3. The zero-order chi connectivity index (χ0) is 27.4. The van der Waals surface area contributed by atoms with Crippen molar-refractivity contribution < 1.29 is 18.7 Å². The van der Waals surface area contributed by atoms with Gasteiger partial charge in [-0.25, -0.2) is 19.3 Å². The number of benzene rings is 1. The SMILES string of the molecule is CN(C)C(=O)C1(C)COC(c2nc(-c3ccc(F)cc3)c(-c3ccnc(NCCCN4CCNC4)n3)[nH]2)OC1. The molecule has 2 aromatic heterocycles. The highest BCUT2D eigenvalue weighted by Crippen LogP contribution is 2.36. The van der Waals surface area contributed by atoms with Gasteiger partial charge in [-0.1, -0.05) is 0 Å². The van der Waals surface area contributed by atoms with E-state index in [-0.39, 0.29) is 24.9 Å². The van der Waals surface area contributed by atoms with E-state index in [9.17, 15) is 9.18 Å². The van der Waals surface area contributed by atoms with E-state index in [1.165, 1.54) is 17.0 Å². The number of ether oxygens (including phenoxy) is 2. The molecular formula is C27H35FN8O3. The highest BCUT2D eigenvalue weighted by Gasteiger charge is 2.41. The zero-order valence-electron chi connectivity index (χ0n) is 22.5. The number of anilines is 1. The normalized spacial score (nSPS) is 21.7. The Labute approximate surface area is 227 Å². The summed E-state index contributed by atoms with van der Waals surface area (Å²) < 4.78 is 25.6. The van der Waals surface area contributed by atoms with Crippen LogP contribution in [-0.2, 0) is 14.3 Å². The highest BCUT2D eigenvalue weighted by atomic mass is 19.1. The number of halogens is 1. The fourth-order valence-corrected chi connectivity index (χ4v) is 4.77. The lowest BCUT2D eigenvalue weighted by molar-refractivity contribution is -0.233. The first kappa shape index (κ1) is 27.1. The van der Waals surface area contributed by atoms with E-state index in [4.69, 9.17) is 19.4 Å². The molecule has 208 valence electrons. The summed E-state index contributed by atoms with van der Waals surface area (Å²) in [4.78, 5) is 33.7. The van der Waals surface area contributed by atoms with Crippen LogP contribution in [0.25, 0.3) is 22.6 Å². The molecule has 0 bridgehead atoms. The smallest absolute Gasteiger partial charge is 0.232 e. The number of carbonyl (C=O) groups excluding carboxylic acids is 1. The van der Waals surface area contributed by atoms with E-state index >= 15 is 0 Å². The molecule has 2 saturated heterocycles. The zero-order valence-corrected chi connectivity index (χ0v) is 22.5. The fraction of sp³-hybridized carbons (Fsp3) is 0.481. The Bertz CT molecular complexity index is 1270. The van der Waals surface area contributed by atoms with E-state index < -0.39 is 11.7 Å². The molecular weight excluding hydrogens is 503 g/mol. The van der Waals surface area contributed by atoms with Gasteiger partial charge in [-0.05, 0) is 43.7 Å². The average molecular weight is 539 g/mol. The highest BCUT2D eigenvalue weighted by molar-refractivity contribution is 5.82. The summed E-state index contributed by atoms with van der Waals surface area (Å²) in [5, 5.41) is 6.64. The Morgan fingerprint density at radius 3 is 2.67 bits per heavy atom. The molecule has 12 heteroatoms. The summed E-state index contributed by atoms with van der Waals surface area (Å²) in [6.07, 6.45) is 1.87. The van der Waals surface area contributed by atoms with Crippen molar-refractivity contribution in [3.05, 3.63) is 48.2 Å². The van der Waals surface area contributed by atoms with Gasteiger partial charge in [0.15, 0.2) is 5.82 Å². The maximum atomic E-state index is 13.7. The van der Waals surface area contributed by atoms with Gasteiger partial charge in [-0.3, -0.25) is 9.69 Å². The van der Waals surface area contributed by atoms with Crippen molar-refractivity contribution in [3.8, 4) is 22.6 Å². The van der Waals surface area contributed by atoms with Crippen molar-refractivity contribution >= 4 is 11.9 Å². The molecule has 1 amide bonds. The lowest BCUT2D eigenvalue weighted by Crippen LogP contribution is -2.48. The molecule has 0 atom stereocenters. The molecule has 2 aliphatic rings. The minimum Gasteiger partial charge on any atom is -0.354 e. The molecule has 11 nitrogen and oxygen atoms in total. The number of carbonyl (C=O) groups is 1. The molecule has 39 heavy (non-hydrogen) atoms. The van der Waals surface area contributed by atoms with E-state index in [2.05, 4.69) is 25.5 Å². The van der Waals surface area contributed by atoms with Crippen LogP contribution in [0.4, 0.5) is 10.3 Å². The first-order valence-corrected chi connectivity index (χ1v) is 13.1. The number of rotatable bonds is 9. The first-order chi connectivity index (χ1) is 18.8. The second kappa shape index (κ2) is 11.7. The quantitative estimate of drug-likeness (QED) is 0.353. The van der Waals surface area contributed by atoms with Gasteiger partial charge in [-0.2, -0.15) is 0 Å². The summed E-state index contributed by atoms with van der Waals surface area (Å²) in [5.74, 6) is 0.552. The number of hydrogen-bond donors (Lipinski definition) is 3. The van der Waals surface area contributed by atoms with E-state index in [0.29, 0.717) is 34.4 Å². The number of hydrogen-bond acceptors (Lipinski definition) is 9. The standard InChI is InChI=1S/C27H35FN8O3/c1-27(25(37)35(2)3)15-38-24(39-16-27)23-33-21(18-5-7-19(28)8-6-18)22(34-23)20-9-11-31-26(32-20)30-10-4-13-36-14-12-29-17-36/h5-9,11,24,29H,4,10,12-17H2,1-3H3,(H,33,34)(H,30,31,32). The Hall–Kier alpha value is -3.45. The van der Waals surface area contributed by atoms with Crippen molar-refractivity contribution in [2.75, 3.05) is 65.5 Å². The summed E-state index contributed by atoms with van der Waals surface area (Å²) >= 11 is 0. The summed E-state index contributed by atoms with van der Waals surface area (Å²) in [7, 11) is 3.42.